The molecule has 1 aliphatic heterocycles. The highest BCUT2D eigenvalue weighted by Crippen LogP contribution is 2.31. The van der Waals surface area contributed by atoms with Gasteiger partial charge in [-0.15, -0.1) is 0 Å². The van der Waals surface area contributed by atoms with Crippen LogP contribution in [0.25, 0.3) is 0 Å². The summed E-state index contributed by atoms with van der Waals surface area (Å²) < 4.78 is 53.1. The van der Waals surface area contributed by atoms with Gasteiger partial charge in [0.1, 0.15) is 0 Å². The largest absolute Gasteiger partial charge is 0.295 e. The van der Waals surface area contributed by atoms with Crippen LogP contribution in [-0.4, -0.2) is 34.3 Å². The summed E-state index contributed by atoms with van der Waals surface area (Å²) in [7, 11) is -7.73. The summed E-state index contributed by atoms with van der Waals surface area (Å²) in [6.07, 6.45) is 0. The highest BCUT2D eigenvalue weighted by Gasteiger charge is 2.42. The van der Waals surface area contributed by atoms with E-state index >= 15 is 0 Å². The first-order chi connectivity index (χ1) is 13.4. The van der Waals surface area contributed by atoms with Crippen molar-refractivity contribution in [1.29, 1.82) is 0 Å². The Balaban J connectivity index is 1.91. The van der Waals surface area contributed by atoms with Crippen LogP contribution in [0.15, 0.2) is 47.4 Å². The summed E-state index contributed by atoms with van der Waals surface area (Å²) in [5.41, 5.74) is 1.14. The van der Waals surface area contributed by atoms with E-state index in [0.717, 1.165) is 4.31 Å². The lowest BCUT2D eigenvalue weighted by atomic mass is 10.1. The van der Waals surface area contributed by atoms with E-state index in [9.17, 15) is 26.4 Å². The Morgan fingerprint density at radius 3 is 2.24 bits per heavy atom. The van der Waals surface area contributed by atoms with E-state index in [2.05, 4.69) is 4.72 Å². The third kappa shape index (κ3) is 4.03. The highest BCUT2D eigenvalue weighted by atomic mass is 32.2. The van der Waals surface area contributed by atoms with Crippen LogP contribution in [0.5, 0.6) is 0 Å². The Hall–Kier alpha value is -2.72. The van der Waals surface area contributed by atoms with Gasteiger partial charge in [-0.1, -0.05) is 6.92 Å². The van der Waals surface area contributed by atoms with Gasteiger partial charge in [-0.25, -0.2) is 21.1 Å². The molecule has 2 aromatic rings. The number of benzene rings is 2. The minimum Gasteiger partial charge on any atom is -0.295 e. The van der Waals surface area contributed by atoms with E-state index in [1.807, 2.05) is 0 Å². The first-order valence-corrected chi connectivity index (χ1v) is 11.8. The fourth-order valence-electron chi connectivity index (χ4n) is 3.13. The predicted octanol–water partition coefficient (Wildman–Crippen LogP) is 2.31. The molecular formula is C19H20N2O6S2. The van der Waals surface area contributed by atoms with Gasteiger partial charge in [-0.2, -0.15) is 0 Å². The van der Waals surface area contributed by atoms with Crippen LogP contribution in [-0.2, 0) is 24.8 Å². The SMILES string of the molecule is CC(=O)c1ccc(NS(=O)(=O)c2ccc(N3C(=O)C(C)CS3(=O)=O)cc2C)cc1. The second kappa shape index (κ2) is 7.27. The molecule has 1 amide bonds. The summed E-state index contributed by atoms with van der Waals surface area (Å²) in [4.78, 5) is 23.5. The first-order valence-electron chi connectivity index (χ1n) is 8.74. The van der Waals surface area contributed by atoms with E-state index in [1.165, 1.54) is 63.2 Å². The number of rotatable bonds is 5. The molecule has 154 valence electrons. The zero-order chi connectivity index (χ0) is 21.6. The van der Waals surface area contributed by atoms with E-state index in [4.69, 9.17) is 0 Å². The number of ketones is 1. The zero-order valence-corrected chi connectivity index (χ0v) is 17.7. The molecule has 8 nitrogen and oxygen atoms in total. The molecule has 2 aromatic carbocycles. The number of sulfonamides is 2. The van der Waals surface area contributed by atoms with Gasteiger partial charge in [-0.3, -0.25) is 14.3 Å². The third-order valence-corrected chi connectivity index (χ3v) is 8.00. The maximum atomic E-state index is 12.7. The van der Waals surface area contributed by atoms with Gasteiger partial charge < -0.3 is 0 Å². The fraction of sp³-hybridized carbons (Fsp3) is 0.263. The molecule has 10 heteroatoms. The standard InChI is InChI=1S/C19H20N2O6S2/c1-12-10-17(21-19(23)13(2)11-28(21,24)25)8-9-18(12)29(26,27)20-16-6-4-15(5-7-16)14(3)22/h4-10,13,20H,11H2,1-3H3. The van der Waals surface area contributed by atoms with Gasteiger partial charge in [0.05, 0.1) is 22.3 Å². The average Bonchev–Trinajstić information content (AvgIpc) is 2.81. The number of hydrogen-bond donors (Lipinski definition) is 1. The molecule has 3 rings (SSSR count). The normalized spacial score (nSPS) is 18.7. The van der Waals surface area contributed by atoms with Crippen LogP contribution in [0, 0.1) is 12.8 Å². The van der Waals surface area contributed by atoms with Crippen molar-refractivity contribution in [3.05, 3.63) is 53.6 Å². The van der Waals surface area contributed by atoms with Crippen molar-refractivity contribution >= 4 is 43.1 Å². The number of nitrogens with one attached hydrogen (secondary N) is 1. The molecule has 0 radical (unpaired) electrons. The van der Waals surface area contributed by atoms with Crippen LogP contribution in [0.4, 0.5) is 11.4 Å². The molecule has 1 N–H and O–H groups in total. The van der Waals surface area contributed by atoms with E-state index in [0.29, 0.717) is 5.56 Å². The molecule has 1 heterocycles. The lowest BCUT2D eigenvalue weighted by Gasteiger charge is -2.17. The van der Waals surface area contributed by atoms with Crippen LogP contribution < -0.4 is 9.03 Å². The van der Waals surface area contributed by atoms with Crippen LogP contribution in [0.2, 0.25) is 0 Å². The molecule has 1 unspecified atom stereocenters. The highest BCUT2D eigenvalue weighted by molar-refractivity contribution is 7.94. The smallest absolute Gasteiger partial charge is 0.262 e. The van der Waals surface area contributed by atoms with Gasteiger partial charge in [0.15, 0.2) is 5.78 Å². The molecule has 0 aliphatic carbocycles. The maximum Gasteiger partial charge on any atom is 0.262 e. The molecule has 0 bridgehead atoms. The second-order valence-electron chi connectivity index (χ2n) is 6.97. The quantitative estimate of drug-likeness (QED) is 0.719. The lowest BCUT2D eigenvalue weighted by molar-refractivity contribution is -0.119. The minimum atomic E-state index is -3.96. The van der Waals surface area contributed by atoms with Gasteiger partial charge in [0.2, 0.25) is 15.9 Å². The van der Waals surface area contributed by atoms with Crippen molar-refractivity contribution in [1.82, 2.24) is 0 Å². The Kier molecular flexibility index (Phi) is 5.26. The van der Waals surface area contributed by atoms with Gasteiger partial charge in [-0.05, 0) is 61.9 Å². The van der Waals surface area contributed by atoms with Crippen LogP contribution >= 0.6 is 0 Å². The maximum absolute atomic E-state index is 12.7. The number of nitrogens with zero attached hydrogens (tertiary/aromatic N) is 1. The Bertz CT molecular complexity index is 1200. The van der Waals surface area contributed by atoms with Gasteiger partial charge >= 0.3 is 0 Å². The molecule has 1 fully saturated rings. The number of Topliss-reactive ketones (excluding diaryl/α,β-unsaturated/α-hetero) is 1. The number of carbonyl (C=O) groups is 2. The monoisotopic (exact) mass is 436 g/mol. The van der Waals surface area contributed by atoms with E-state index in [-0.39, 0.29) is 33.4 Å². The van der Waals surface area contributed by atoms with Crippen LogP contribution in [0.1, 0.15) is 29.8 Å². The molecular weight excluding hydrogens is 416 g/mol. The van der Waals surface area contributed by atoms with Crippen molar-refractivity contribution in [2.75, 3.05) is 14.8 Å². The molecule has 1 saturated heterocycles. The summed E-state index contributed by atoms with van der Waals surface area (Å²) in [5, 5.41) is 0. The summed E-state index contributed by atoms with van der Waals surface area (Å²) in [6, 6.07) is 9.92. The number of anilines is 2. The molecule has 0 aromatic heterocycles. The first kappa shape index (κ1) is 21.0. The number of carbonyl (C=O) groups excluding carboxylic acids is 2. The average molecular weight is 437 g/mol. The molecule has 0 saturated carbocycles. The molecule has 0 spiro atoms. The van der Waals surface area contributed by atoms with Gasteiger partial charge in [0, 0.05) is 11.3 Å². The zero-order valence-electron chi connectivity index (χ0n) is 16.0. The summed E-state index contributed by atoms with van der Waals surface area (Å²) in [6.45, 7) is 4.47. The molecule has 1 atom stereocenters. The predicted molar refractivity (Wildman–Crippen MR) is 109 cm³/mol. The number of amides is 1. The van der Waals surface area contributed by atoms with Crippen molar-refractivity contribution in [3.63, 3.8) is 0 Å². The summed E-state index contributed by atoms with van der Waals surface area (Å²) in [5.74, 6) is -1.60. The van der Waals surface area contributed by atoms with Crippen molar-refractivity contribution < 1.29 is 26.4 Å². The Morgan fingerprint density at radius 2 is 1.76 bits per heavy atom. The molecule has 29 heavy (non-hydrogen) atoms. The van der Waals surface area contributed by atoms with Crippen LogP contribution in [0.3, 0.4) is 0 Å². The Morgan fingerprint density at radius 1 is 1.14 bits per heavy atom. The third-order valence-electron chi connectivity index (χ3n) is 4.59. The Labute approximate surface area is 169 Å². The fourth-order valence-corrected chi connectivity index (χ4v) is 6.23. The number of hydrogen-bond acceptors (Lipinski definition) is 6. The second-order valence-corrected chi connectivity index (χ2v) is 10.5. The molecule has 1 aliphatic rings. The number of aryl methyl sites for hydroxylation is 1. The summed E-state index contributed by atoms with van der Waals surface area (Å²) >= 11 is 0. The minimum absolute atomic E-state index is 0.0472. The van der Waals surface area contributed by atoms with Crippen molar-refractivity contribution in [3.8, 4) is 0 Å². The van der Waals surface area contributed by atoms with Gasteiger partial charge in [0.25, 0.3) is 10.0 Å². The van der Waals surface area contributed by atoms with Crippen molar-refractivity contribution in [2.45, 2.75) is 25.7 Å². The van der Waals surface area contributed by atoms with E-state index < -0.39 is 31.9 Å². The topological polar surface area (TPSA) is 118 Å². The lowest BCUT2D eigenvalue weighted by Crippen LogP contribution is -2.30. The van der Waals surface area contributed by atoms with E-state index in [1.54, 1.807) is 0 Å². The van der Waals surface area contributed by atoms with Crippen molar-refractivity contribution in [2.24, 2.45) is 5.92 Å².